The van der Waals surface area contributed by atoms with Gasteiger partial charge < -0.3 is 20.3 Å². The molecule has 0 radical (unpaired) electrons. The van der Waals surface area contributed by atoms with Crippen LogP contribution in [0.3, 0.4) is 0 Å². The monoisotopic (exact) mass is 233 g/mol. The van der Waals surface area contributed by atoms with E-state index in [1.165, 1.54) is 0 Å². The van der Waals surface area contributed by atoms with Crippen LogP contribution in [0.5, 0.6) is 0 Å². The van der Waals surface area contributed by atoms with Gasteiger partial charge in [0.1, 0.15) is 11.6 Å². The Kier molecular flexibility index (Phi) is 5.98. The van der Waals surface area contributed by atoms with Gasteiger partial charge in [-0.05, 0) is 20.8 Å². The number of carbonyl (C=O) groups is 2. The highest BCUT2D eigenvalue weighted by Crippen LogP contribution is 2.07. The standard InChI is InChI=1S/C10H19NO5/c1-10(2,3)16-9(14)7(11)6-15-5-4-8(12)13/h7H,4-6,11H2,1-3H3,(H,12,13). The molecule has 0 spiro atoms. The fourth-order valence-corrected chi connectivity index (χ4v) is 0.815. The van der Waals surface area contributed by atoms with E-state index in [-0.39, 0.29) is 19.6 Å². The van der Waals surface area contributed by atoms with Crippen molar-refractivity contribution in [1.82, 2.24) is 0 Å². The summed E-state index contributed by atoms with van der Waals surface area (Å²) in [5.41, 5.74) is 4.91. The molecule has 0 saturated carbocycles. The normalized spacial score (nSPS) is 13.2. The minimum Gasteiger partial charge on any atom is -0.481 e. The molecule has 0 heterocycles. The second-order valence-electron chi connectivity index (χ2n) is 4.36. The van der Waals surface area contributed by atoms with Crippen LogP contribution in [0.4, 0.5) is 0 Å². The molecule has 0 aliphatic heterocycles. The van der Waals surface area contributed by atoms with Crippen molar-refractivity contribution < 1.29 is 24.2 Å². The molecule has 0 aliphatic carbocycles. The zero-order valence-corrected chi connectivity index (χ0v) is 9.86. The summed E-state index contributed by atoms with van der Waals surface area (Å²) < 4.78 is 9.95. The van der Waals surface area contributed by atoms with Crippen LogP contribution >= 0.6 is 0 Å². The Morgan fingerprint density at radius 1 is 1.38 bits per heavy atom. The molecule has 0 aromatic heterocycles. The Bertz CT molecular complexity index is 246. The van der Waals surface area contributed by atoms with Crippen LogP contribution in [-0.4, -0.2) is 41.9 Å². The molecule has 1 unspecified atom stereocenters. The predicted octanol–water partition coefficient (Wildman–Crippen LogP) is 0.147. The lowest BCUT2D eigenvalue weighted by molar-refractivity contribution is -0.157. The van der Waals surface area contributed by atoms with Gasteiger partial charge in [0.05, 0.1) is 19.6 Å². The molecular weight excluding hydrogens is 214 g/mol. The zero-order chi connectivity index (χ0) is 12.8. The van der Waals surface area contributed by atoms with Gasteiger partial charge in [0.15, 0.2) is 0 Å². The second-order valence-corrected chi connectivity index (χ2v) is 4.36. The van der Waals surface area contributed by atoms with Crippen molar-refractivity contribution in [2.45, 2.75) is 38.8 Å². The Balaban J connectivity index is 3.76. The number of esters is 1. The first-order chi connectivity index (χ1) is 7.22. The van der Waals surface area contributed by atoms with Gasteiger partial charge in [0, 0.05) is 0 Å². The van der Waals surface area contributed by atoms with E-state index in [1.807, 2.05) is 0 Å². The summed E-state index contributed by atoms with van der Waals surface area (Å²) in [5.74, 6) is -1.51. The van der Waals surface area contributed by atoms with Crippen LogP contribution < -0.4 is 5.73 Å². The highest BCUT2D eigenvalue weighted by molar-refractivity contribution is 5.76. The van der Waals surface area contributed by atoms with Crippen LogP contribution in [0, 0.1) is 0 Å². The zero-order valence-electron chi connectivity index (χ0n) is 9.86. The fourth-order valence-electron chi connectivity index (χ4n) is 0.815. The van der Waals surface area contributed by atoms with E-state index in [2.05, 4.69) is 0 Å². The SMILES string of the molecule is CC(C)(C)OC(=O)C(N)COCCC(=O)O. The number of hydrogen-bond acceptors (Lipinski definition) is 5. The van der Waals surface area contributed by atoms with Gasteiger partial charge in [-0.25, -0.2) is 0 Å². The van der Waals surface area contributed by atoms with E-state index in [9.17, 15) is 9.59 Å². The molecule has 1 atom stereocenters. The summed E-state index contributed by atoms with van der Waals surface area (Å²) in [7, 11) is 0. The van der Waals surface area contributed by atoms with Gasteiger partial charge >= 0.3 is 11.9 Å². The number of carbonyl (C=O) groups excluding carboxylic acids is 1. The van der Waals surface area contributed by atoms with E-state index in [1.54, 1.807) is 20.8 Å². The van der Waals surface area contributed by atoms with Crippen molar-refractivity contribution in [2.75, 3.05) is 13.2 Å². The van der Waals surface area contributed by atoms with Gasteiger partial charge in [0.25, 0.3) is 0 Å². The number of aliphatic carboxylic acids is 1. The average Bonchev–Trinajstić information content (AvgIpc) is 2.08. The highest BCUT2D eigenvalue weighted by Gasteiger charge is 2.22. The van der Waals surface area contributed by atoms with Crippen molar-refractivity contribution in [3.05, 3.63) is 0 Å². The first-order valence-corrected chi connectivity index (χ1v) is 5.00. The minimum atomic E-state index is -0.953. The molecule has 0 fully saturated rings. The number of ether oxygens (including phenoxy) is 2. The number of hydrogen-bond donors (Lipinski definition) is 2. The van der Waals surface area contributed by atoms with Crippen molar-refractivity contribution in [2.24, 2.45) is 5.73 Å². The lowest BCUT2D eigenvalue weighted by atomic mass is 10.2. The third-order valence-electron chi connectivity index (χ3n) is 1.47. The number of nitrogens with two attached hydrogens (primary N) is 1. The molecule has 94 valence electrons. The molecule has 6 heteroatoms. The van der Waals surface area contributed by atoms with Gasteiger partial charge in [-0.15, -0.1) is 0 Å². The Hall–Kier alpha value is -1.14. The van der Waals surface area contributed by atoms with Gasteiger partial charge in [-0.3, -0.25) is 9.59 Å². The first kappa shape index (κ1) is 14.9. The second kappa shape index (κ2) is 6.44. The summed E-state index contributed by atoms with van der Waals surface area (Å²) in [6.07, 6.45) is -0.110. The van der Waals surface area contributed by atoms with Crippen LogP contribution in [0.25, 0.3) is 0 Å². The maximum absolute atomic E-state index is 11.3. The number of carboxylic acids is 1. The predicted molar refractivity (Wildman–Crippen MR) is 56.9 cm³/mol. The molecule has 0 amide bonds. The Morgan fingerprint density at radius 2 is 1.94 bits per heavy atom. The van der Waals surface area contributed by atoms with Crippen molar-refractivity contribution in [3.8, 4) is 0 Å². The molecular formula is C10H19NO5. The lowest BCUT2D eigenvalue weighted by Crippen LogP contribution is -2.40. The smallest absolute Gasteiger partial charge is 0.325 e. The van der Waals surface area contributed by atoms with Crippen LogP contribution in [0.15, 0.2) is 0 Å². The minimum absolute atomic E-state index is 0.0336. The quantitative estimate of drug-likeness (QED) is 0.500. The molecule has 0 saturated heterocycles. The Labute approximate surface area is 94.7 Å². The topological polar surface area (TPSA) is 98.9 Å². The third kappa shape index (κ3) is 8.19. The van der Waals surface area contributed by atoms with E-state index >= 15 is 0 Å². The van der Waals surface area contributed by atoms with Gasteiger partial charge in [0.2, 0.25) is 0 Å². The van der Waals surface area contributed by atoms with Crippen molar-refractivity contribution in [3.63, 3.8) is 0 Å². The maximum Gasteiger partial charge on any atom is 0.325 e. The molecule has 0 aromatic carbocycles. The molecule has 0 bridgehead atoms. The van der Waals surface area contributed by atoms with Crippen LogP contribution in [0.2, 0.25) is 0 Å². The summed E-state index contributed by atoms with van der Waals surface area (Å²) >= 11 is 0. The van der Waals surface area contributed by atoms with E-state index < -0.39 is 23.6 Å². The largest absolute Gasteiger partial charge is 0.481 e. The Morgan fingerprint density at radius 3 is 2.38 bits per heavy atom. The van der Waals surface area contributed by atoms with E-state index in [0.29, 0.717) is 0 Å². The van der Waals surface area contributed by atoms with E-state index in [4.69, 9.17) is 20.3 Å². The summed E-state index contributed by atoms with van der Waals surface area (Å²) in [6, 6.07) is -0.881. The van der Waals surface area contributed by atoms with Crippen LogP contribution in [-0.2, 0) is 19.1 Å². The highest BCUT2D eigenvalue weighted by atomic mass is 16.6. The molecule has 6 nitrogen and oxygen atoms in total. The van der Waals surface area contributed by atoms with E-state index in [0.717, 1.165) is 0 Å². The van der Waals surface area contributed by atoms with Gasteiger partial charge in [-0.2, -0.15) is 0 Å². The van der Waals surface area contributed by atoms with Crippen molar-refractivity contribution >= 4 is 11.9 Å². The summed E-state index contributed by atoms with van der Waals surface area (Å²) in [6.45, 7) is 5.21. The number of rotatable bonds is 6. The summed E-state index contributed by atoms with van der Waals surface area (Å²) in [5, 5.41) is 8.34. The van der Waals surface area contributed by atoms with Gasteiger partial charge in [-0.1, -0.05) is 0 Å². The summed E-state index contributed by atoms with van der Waals surface area (Å²) in [4.78, 5) is 21.5. The number of carboxylic acid groups (broad SMARTS) is 1. The molecule has 0 rings (SSSR count). The third-order valence-corrected chi connectivity index (χ3v) is 1.47. The van der Waals surface area contributed by atoms with Crippen molar-refractivity contribution in [1.29, 1.82) is 0 Å². The molecule has 0 aromatic rings. The molecule has 16 heavy (non-hydrogen) atoms. The fraction of sp³-hybridized carbons (Fsp3) is 0.800. The average molecular weight is 233 g/mol. The molecule has 3 N–H and O–H groups in total. The molecule has 0 aliphatic rings. The van der Waals surface area contributed by atoms with Crippen LogP contribution in [0.1, 0.15) is 27.2 Å². The maximum atomic E-state index is 11.3. The lowest BCUT2D eigenvalue weighted by Gasteiger charge is -2.22. The first-order valence-electron chi connectivity index (χ1n) is 5.00.